The minimum Gasteiger partial charge on any atom is -0.507 e. The van der Waals surface area contributed by atoms with Gasteiger partial charge in [-0.05, 0) is 146 Å². The molecule has 4 N–H and O–H groups in total. The molecule has 0 aromatic heterocycles. The van der Waals surface area contributed by atoms with Gasteiger partial charge in [0.1, 0.15) is 23.0 Å². The minimum atomic E-state index is 0.135. The van der Waals surface area contributed by atoms with Crippen molar-refractivity contribution in [2.75, 3.05) is 0 Å². The Balaban J connectivity index is 1.44. The maximum Gasteiger partial charge on any atom is 0.123 e. The van der Waals surface area contributed by atoms with Crippen LogP contribution in [0, 0.1) is 0 Å². The molecule has 0 aliphatic heterocycles. The smallest absolute Gasteiger partial charge is 0.123 e. The summed E-state index contributed by atoms with van der Waals surface area (Å²) >= 11 is 0. The second kappa shape index (κ2) is 16.7. The number of hydrogen-bond acceptors (Lipinski definition) is 4. The Hall–Kier alpha value is -4.18. The van der Waals surface area contributed by atoms with E-state index < -0.39 is 0 Å². The summed E-state index contributed by atoms with van der Waals surface area (Å²) in [4.78, 5) is 0. The van der Waals surface area contributed by atoms with Gasteiger partial charge in [0, 0.05) is 33.4 Å². The van der Waals surface area contributed by atoms with Crippen molar-refractivity contribution < 1.29 is 20.4 Å². The van der Waals surface area contributed by atoms with Crippen molar-refractivity contribution in [3.63, 3.8) is 0 Å². The van der Waals surface area contributed by atoms with Gasteiger partial charge in [-0.15, -0.1) is 0 Å². The van der Waals surface area contributed by atoms with Crippen molar-refractivity contribution >= 4 is 11.1 Å². The van der Waals surface area contributed by atoms with Crippen molar-refractivity contribution in [2.24, 2.45) is 0 Å². The number of benzene rings is 4. The highest BCUT2D eigenvalue weighted by atomic mass is 16.3. The van der Waals surface area contributed by atoms with Gasteiger partial charge in [-0.25, -0.2) is 0 Å². The average Bonchev–Trinajstić information content (AvgIpc) is 3.23. The van der Waals surface area contributed by atoms with Crippen LogP contribution in [0.2, 0.25) is 0 Å². The SMILES string of the molecule is Oc1ccc(C2CCCCC2)cc1C(=C(c1cc(C2CCCCC2)ccc1O)c1cc(C2CCCCC2)ccc1O)c1cc(C2CCCCC2)ccc1O. The zero-order valence-corrected chi connectivity index (χ0v) is 32.2. The predicted molar refractivity (Wildman–Crippen MR) is 221 cm³/mol. The Labute approximate surface area is 323 Å². The van der Waals surface area contributed by atoms with Gasteiger partial charge >= 0.3 is 0 Å². The van der Waals surface area contributed by atoms with Crippen molar-refractivity contribution in [3.8, 4) is 23.0 Å². The lowest BCUT2D eigenvalue weighted by Gasteiger charge is -2.28. The fraction of sp³-hybridized carbons (Fsp3) is 0.480. The van der Waals surface area contributed by atoms with E-state index in [9.17, 15) is 20.4 Å². The van der Waals surface area contributed by atoms with E-state index in [0.29, 0.717) is 57.1 Å². The second-order valence-electron chi connectivity index (χ2n) is 17.2. The zero-order valence-electron chi connectivity index (χ0n) is 32.2. The molecule has 4 heteroatoms. The van der Waals surface area contributed by atoms with Crippen molar-refractivity contribution in [1.29, 1.82) is 0 Å². The molecule has 4 fully saturated rings. The molecule has 0 unspecified atom stereocenters. The van der Waals surface area contributed by atoms with E-state index in [1.165, 1.54) is 99.3 Å². The zero-order chi connectivity index (χ0) is 37.0. The standard InChI is InChI=1S/C50H60O4/c51-45-25-21-37(33-13-5-1-6-14-33)29-41(45)49(42-30-38(22-26-46(42)52)34-15-7-2-8-16-34)50(43-31-39(23-27-47(43)53)35-17-9-3-10-18-35)44-32-40(24-28-48(44)54)36-19-11-4-12-20-36/h21-36,51-54H,1-20H2. The molecule has 0 amide bonds. The van der Waals surface area contributed by atoms with Gasteiger partial charge in [0.25, 0.3) is 0 Å². The first-order valence-corrected chi connectivity index (χ1v) is 21.5. The van der Waals surface area contributed by atoms with Crippen LogP contribution in [-0.2, 0) is 0 Å². The fourth-order valence-corrected chi connectivity index (χ4v) is 10.6. The Morgan fingerprint density at radius 2 is 0.500 bits per heavy atom. The normalized spacial score (nSPS) is 19.5. The highest BCUT2D eigenvalue weighted by Gasteiger charge is 2.29. The molecular formula is C50H60O4. The van der Waals surface area contributed by atoms with Crippen LogP contribution in [0.25, 0.3) is 11.1 Å². The molecule has 4 saturated carbocycles. The predicted octanol–water partition coefficient (Wildman–Crippen LogP) is 13.7. The van der Waals surface area contributed by atoms with E-state index in [1.54, 1.807) is 0 Å². The van der Waals surface area contributed by atoms with Crippen molar-refractivity contribution in [3.05, 3.63) is 117 Å². The van der Waals surface area contributed by atoms with Gasteiger partial charge in [-0.3, -0.25) is 0 Å². The maximum atomic E-state index is 12.0. The molecule has 0 heterocycles. The summed E-state index contributed by atoms with van der Waals surface area (Å²) < 4.78 is 0. The molecule has 4 aromatic rings. The van der Waals surface area contributed by atoms with Gasteiger partial charge in [-0.2, -0.15) is 0 Å². The number of phenolic OH excluding ortho intramolecular Hbond substituents is 4. The first-order chi connectivity index (χ1) is 26.4. The van der Waals surface area contributed by atoms with Gasteiger partial charge in [0.2, 0.25) is 0 Å². The van der Waals surface area contributed by atoms with Gasteiger partial charge in [0.05, 0.1) is 0 Å². The molecule has 4 aliphatic rings. The highest BCUT2D eigenvalue weighted by molar-refractivity contribution is 6.08. The van der Waals surface area contributed by atoms with E-state index >= 15 is 0 Å². The quantitative estimate of drug-likeness (QED) is 0.136. The Morgan fingerprint density at radius 1 is 0.296 bits per heavy atom. The van der Waals surface area contributed by atoms with Crippen LogP contribution in [0.4, 0.5) is 0 Å². The summed E-state index contributed by atoms with van der Waals surface area (Å²) in [5.74, 6) is 2.13. The summed E-state index contributed by atoms with van der Waals surface area (Å²) in [6.45, 7) is 0. The Kier molecular flexibility index (Phi) is 11.4. The highest BCUT2D eigenvalue weighted by Crippen LogP contribution is 2.50. The molecule has 0 bridgehead atoms. The molecular weight excluding hydrogens is 665 g/mol. The van der Waals surface area contributed by atoms with Crippen LogP contribution in [0.15, 0.2) is 72.8 Å². The first kappa shape index (κ1) is 36.8. The van der Waals surface area contributed by atoms with Crippen LogP contribution in [0.5, 0.6) is 23.0 Å². The van der Waals surface area contributed by atoms with Crippen LogP contribution in [-0.4, -0.2) is 20.4 Å². The van der Waals surface area contributed by atoms with E-state index in [4.69, 9.17) is 0 Å². The third kappa shape index (κ3) is 7.81. The summed E-state index contributed by atoms with van der Waals surface area (Å²) in [5, 5.41) is 48.1. The number of phenols is 4. The molecule has 8 rings (SSSR count). The lowest BCUT2D eigenvalue weighted by molar-refractivity contribution is 0.440. The van der Waals surface area contributed by atoms with Crippen molar-refractivity contribution in [1.82, 2.24) is 0 Å². The van der Waals surface area contributed by atoms with Gasteiger partial charge in [0.15, 0.2) is 0 Å². The maximum absolute atomic E-state index is 12.0. The van der Waals surface area contributed by atoms with Gasteiger partial charge in [-0.1, -0.05) is 101 Å². The molecule has 4 aliphatic carbocycles. The molecule has 0 saturated heterocycles. The summed E-state index contributed by atoms with van der Waals surface area (Å²) in [6, 6.07) is 24.2. The van der Waals surface area contributed by atoms with E-state index in [-0.39, 0.29) is 23.0 Å². The lowest BCUT2D eigenvalue weighted by Crippen LogP contribution is -2.08. The van der Waals surface area contributed by atoms with Crippen LogP contribution in [0.1, 0.15) is 197 Å². The number of rotatable bonds is 8. The third-order valence-electron chi connectivity index (χ3n) is 13.7. The molecule has 4 aromatic carbocycles. The van der Waals surface area contributed by atoms with E-state index in [2.05, 4.69) is 48.5 Å². The van der Waals surface area contributed by atoms with Gasteiger partial charge < -0.3 is 20.4 Å². The number of aromatic hydroxyl groups is 4. The molecule has 0 atom stereocenters. The Morgan fingerprint density at radius 3 is 0.704 bits per heavy atom. The van der Waals surface area contributed by atoms with Crippen LogP contribution >= 0.6 is 0 Å². The van der Waals surface area contributed by atoms with E-state index in [1.807, 2.05) is 24.3 Å². The summed E-state index contributed by atoms with van der Waals surface area (Å²) in [7, 11) is 0. The largest absolute Gasteiger partial charge is 0.507 e. The minimum absolute atomic E-state index is 0.135. The third-order valence-corrected chi connectivity index (χ3v) is 13.7. The topological polar surface area (TPSA) is 80.9 Å². The fourth-order valence-electron chi connectivity index (χ4n) is 10.6. The van der Waals surface area contributed by atoms with Crippen molar-refractivity contribution in [2.45, 2.75) is 152 Å². The number of hydrogen-bond donors (Lipinski definition) is 4. The van der Waals surface area contributed by atoms with Crippen LogP contribution in [0.3, 0.4) is 0 Å². The second-order valence-corrected chi connectivity index (χ2v) is 17.2. The van der Waals surface area contributed by atoms with Crippen LogP contribution < -0.4 is 0 Å². The summed E-state index contributed by atoms with van der Waals surface area (Å²) in [5.41, 5.74) is 8.64. The molecule has 54 heavy (non-hydrogen) atoms. The molecule has 4 nitrogen and oxygen atoms in total. The Bertz CT molecular complexity index is 1670. The molecule has 0 spiro atoms. The lowest BCUT2D eigenvalue weighted by atomic mass is 9.77. The molecule has 0 radical (unpaired) electrons. The summed E-state index contributed by atoms with van der Waals surface area (Å²) in [6.07, 6.45) is 23.5. The first-order valence-electron chi connectivity index (χ1n) is 21.5. The molecule has 284 valence electrons. The van der Waals surface area contributed by atoms with E-state index in [0.717, 1.165) is 51.4 Å². The monoisotopic (exact) mass is 724 g/mol. The average molecular weight is 725 g/mol.